The van der Waals surface area contributed by atoms with E-state index >= 15 is 0 Å². The number of carbonyl (C=O) groups excluding carboxylic acids is 3. The maximum atomic E-state index is 13.2. The summed E-state index contributed by atoms with van der Waals surface area (Å²) in [7, 11) is 0. The van der Waals surface area contributed by atoms with Crippen LogP contribution in [0.5, 0.6) is 5.75 Å². The molecule has 0 aliphatic carbocycles. The lowest BCUT2D eigenvalue weighted by atomic mass is 10.1. The maximum absolute atomic E-state index is 13.2. The van der Waals surface area contributed by atoms with Crippen molar-refractivity contribution in [3.63, 3.8) is 0 Å². The van der Waals surface area contributed by atoms with E-state index < -0.39 is 23.6 Å². The highest BCUT2D eigenvalue weighted by molar-refractivity contribution is 8.19. The molecular formula is C27H21ClFN3O5S. The summed E-state index contributed by atoms with van der Waals surface area (Å²) in [5, 5.41) is 11.3. The van der Waals surface area contributed by atoms with Crippen LogP contribution in [-0.4, -0.2) is 36.2 Å². The molecule has 0 aromatic heterocycles. The van der Waals surface area contributed by atoms with Crippen molar-refractivity contribution in [2.45, 2.75) is 6.92 Å². The number of amidine groups is 1. The molecule has 38 heavy (non-hydrogen) atoms. The molecule has 1 aliphatic rings. The van der Waals surface area contributed by atoms with Crippen LogP contribution in [-0.2, 0) is 14.3 Å². The summed E-state index contributed by atoms with van der Waals surface area (Å²) in [6.45, 7) is 1.61. The minimum atomic E-state index is -0.475. The molecule has 0 bridgehead atoms. The number of hydrogen-bond acceptors (Lipinski definition) is 7. The Kier molecular flexibility index (Phi) is 8.45. The van der Waals surface area contributed by atoms with Crippen molar-refractivity contribution in [3.05, 3.63) is 93.6 Å². The lowest BCUT2D eigenvalue weighted by Gasteiger charge is -2.14. The van der Waals surface area contributed by atoms with E-state index in [1.54, 1.807) is 37.3 Å². The zero-order valence-corrected chi connectivity index (χ0v) is 21.6. The molecule has 2 N–H and O–H groups in total. The van der Waals surface area contributed by atoms with Gasteiger partial charge >= 0.3 is 5.97 Å². The predicted octanol–water partition coefficient (Wildman–Crippen LogP) is 5.73. The molecule has 194 valence electrons. The molecule has 11 heteroatoms. The van der Waals surface area contributed by atoms with Crippen LogP contribution in [0, 0.1) is 11.2 Å². The van der Waals surface area contributed by atoms with Crippen LogP contribution in [0.2, 0.25) is 5.02 Å². The quantitative estimate of drug-likeness (QED) is 0.272. The number of halogens is 2. The molecule has 0 saturated carbocycles. The molecule has 0 unspecified atom stereocenters. The number of esters is 1. The fraction of sp³-hybridized carbons (Fsp3) is 0.111. The van der Waals surface area contributed by atoms with Crippen molar-refractivity contribution in [2.75, 3.05) is 23.4 Å². The van der Waals surface area contributed by atoms with E-state index in [-0.39, 0.29) is 23.3 Å². The van der Waals surface area contributed by atoms with E-state index in [1.807, 2.05) is 0 Å². The second-order valence-corrected chi connectivity index (χ2v) is 9.32. The number of nitrogens with one attached hydrogen (secondary N) is 2. The zero-order chi connectivity index (χ0) is 27.2. The Morgan fingerprint density at radius 3 is 2.50 bits per heavy atom. The summed E-state index contributed by atoms with van der Waals surface area (Å²) in [4.78, 5) is 38.8. The summed E-state index contributed by atoms with van der Waals surface area (Å²) in [5.74, 6) is -1.50. The first-order valence-corrected chi connectivity index (χ1v) is 12.5. The van der Waals surface area contributed by atoms with Crippen molar-refractivity contribution >= 4 is 63.8 Å². The van der Waals surface area contributed by atoms with Gasteiger partial charge in [-0.2, -0.15) is 0 Å². The Balaban J connectivity index is 1.49. The fourth-order valence-electron chi connectivity index (χ4n) is 3.46. The molecule has 0 spiro atoms. The predicted molar refractivity (Wildman–Crippen MR) is 145 cm³/mol. The first-order chi connectivity index (χ1) is 18.2. The summed E-state index contributed by atoms with van der Waals surface area (Å²) in [6.07, 6.45) is 1.54. The third kappa shape index (κ3) is 6.39. The van der Waals surface area contributed by atoms with Gasteiger partial charge in [0.1, 0.15) is 11.6 Å². The third-order valence-corrected chi connectivity index (χ3v) is 6.33. The first-order valence-electron chi connectivity index (χ1n) is 11.3. The highest BCUT2D eigenvalue weighted by atomic mass is 35.5. The molecule has 3 aromatic rings. The van der Waals surface area contributed by atoms with Gasteiger partial charge < -0.3 is 14.8 Å². The highest BCUT2D eigenvalue weighted by Gasteiger charge is 2.34. The van der Waals surface area contributed by atoms with Crippen molar-refractivity contribution in [2.24, 2.45) is 0 Å². The number of rotatable bonds is 8. The lowest BCUT2D eigenvalue weighted by molar-refractivity contribution is -0.118. The Morgan fingerprint density at radius 1 is 1.11 bits per heavy atom. The molecule has 1 saturated heterocycles. The van der Waals surface area contributed by atoms with E-state index in [4.69, 9.17) is 26.5 Å². The molecule has 0 radical (unpaired) electrons. The molecule has 2 amide bonds. The Labute approximate surface area is 226 Å². The molecular weight excluding hydrogens is 533 g/mol. The largest absolute Gasteiger partial charge is 0.483 e. The average molecular weight is 554 g/mol. The third-order valence-electron chi connectivity index (χ3n) is 5.21. The summed E-state index contributed by atoms with van der Waals surface area (Å²) in [6, 6.07) is 16.2. The van der Waals surface area contributed by atoms with Crippen LogP contribution in [0.15, 0.2) is 71.6 Å². The lowest BCUT2D eigenvalue weighted by Crippen LogP contribution is -2.28. The Hall–Kier alpha value is -4.15. The number of carbonyl (C=O) groups is 3. The second-order valence-electron chi connectivity index (χ2n) is 7.85. The number of hydrogen-bond donors (Lipinski definition) is 2. The molecule has 8 nitrogen and oxygen atoms in total. The van der Waals surface area contributed by atoms with E-state index in [2.05, 4.69) is 5.32 Å². The Morgan fingerprint density at radius 2 is 1.82 bits per heavy atom. The van der Waals surface area contributed by atoms with E-state index in [1.165, 1.54) is 47.4 Å². The zero-order valence-electron chi connectivity index (χ0n) is 20.0. The first kappa shape index (κ1) is 26.9. The van der Waals surface area contributed by atoms with Crippen molar-refractivity contribution in [1.29, 1.82) is 5.41 Å². The van der Waals surface area contributed by atoms with E-state index in [9.17, 15) is 18.8 Å². The monoisotopic (exact) mass is 553 g/mol. The van der Waals surface area contributed by atoms with Crippen LogP contribution in [0.4, 0.5) is 15.8 Å². The highest BCUT2D eigenvalue weighted by Crippen LogP contribution is 2.37. The Bertz CT molecular complexity index is 1430. The van der Waals surface area contributed by atoms with Gasteiger partial charge in [0, 0.05) is 16.3 Å². The SMILES string of the molecule is CCOC(=O)c1ccc(N2C(=N)S/C(=C\c3cc(Cl)ccc3OCC(=O)Nc3ccc(F)cc3)C2=O)cc1. The smallest absolute Gasteiger partial charge is 0.338 e. The summed E-state index contributed by atoms with van der Waals surface area (Å²) in [5.41, 5.74) is 1.61. The van der Waals surface area contributed by atoms with Crippen LogP contribution >= 0.6 is 23.4 Å². The molecule has 0 atom stereocenters. The van der Waals surface area contributed by atoms with Gasteiger partial charge in [-0.3, -0.25) is 19.9 Å². The summed E-state index contributed by atoms with van der Waals surface area (Å²) >= 11 is 7.11. The van der Waals surface area contributed by atoms with Crippen molar-refractivity contribution < 1.29 is 28.2 Å². The number of benzene rings is 3. The summed E-state index contributed by atoms with van der Waals surface area (Å²) < 4.78 is 23.7. The van der Waals surface area contributed by atoms with Crippen LogP contribution < -0.4 is 15.0 Å². The van der Waals surface area contributed by atoms with Gasteiger partial charge in [0.2, 0.25) is 0 Å². The number of nitrogens with zero attached hydrogens (tertiary/aromatic N) is 1. The van der Waals surface area contributed by atoms with Gasteiger partial charge in [-0.25, -0.2) is 9.18 Å². The van der Waals surface area contributed by atoms with Crippen molar-refractivity contribution in [1.82, 2.24) is 0 Å². The maximum Gasteiger partial charge on any atom is 0.338 e. The van der Waals surface area contributed by atoms with Gasteiger partial charge in [0.15, 0.2) is 11.8 Å². The number of ether oxygens (including phenoxy) is 2. The second kappa shape index (κ2) is 11.9. The van der Waals surface area contributed by atoms with Crippen LogP contribution in [0.1, 0.15) is 22.8 Å². The molecule has 3 aromatic carbocycles. The minimum absolute atomic E-state index is 0.0201. The van der Waals surface area contributed by atoms with Crippen LogP contribution in [0.25, 0.3) is 6.08 Å². The standard InChI is InChI=1S/C27H21ClFN3O5S/c1-2-36-26(35)16-3-10-21(11-4-16)32-25(34)23(38-27(32)30)14-17-13-18(28)5-12-22(17)37-15-24(33)31-20-8-6-19(29)7-9-20/h3-14,30H,2,15H2,1H3,(H,31,33)/b23-14-,30-27?. The molecule has 1 fully saturated rings. The van der Waals surface area contributed by atoms with Crippen molar-refractivity contribution in [3.8, 4) is 5.75 Å². The van der Waals surface area contributed by atoms with Gasteiger partial charge in [-0.05, 0) is 91.5 Å². The molecule has 1 heterocycles. The molecule has 4 rings (SSSR count). The normalized spacial score (nSPS) is 14.1. The fourth-order valence-corrected chi connectivity index (χ4v) is 4.49. The van der Waals surface area contributed by atoms with E-state index in [0.717, 1.165) is 11.8 Å². The van der Waals surface area contributed by atoms with Gasteiger partial charge in [-0.1, -0.05) is 11.6 Å². The van der Waals surface area contributed by atoms with Gasteiger partial charge in [0.25, 0.3) is 11.8 Å². The van der Waals surface area contributed by atoms with Gasteiger partial charge in [-0.15, -0.1) is 0 Å². The minimum Gasteiger partial charge on any atom is -0.483 e. The topological polar surface area (TPSA) is 109 Å². The van der Waals surface area contributed by atoms with Crippen LogP contribution in [0.3, 0.4) is 0 Å². The number of amides is 2. The molecule has 1 aliphatic heterocycles. The van der Waals surface area contributed by atoms with E-state index in [0.29, 0.717) is 33.3 Å². The number of anilines is 2. The number of thioether (sulfide) groups is 1. The average Bonchev–Trinajstić information content (AvgIpc) is 3.17. The van der Waals surface area contributed by atoms with Gasteiger partial charge in [0.05, 0.1) is 22.8 Å².